The van der Waals surface area contributed by atoms with Gasteiger partial charge in [-0.25, -0.2) is 4.98 Å². The van der Waals surface area contributed by atoms with Crippen molar-refractivity contribution in [3.63, 3.8) is 0 Å². The van der Waals surface area contributed by atoms with Gasteiger partial charge in [0.2, 0.25) is 5.95 Å². The number of nitrogens with zero attached hydrogens (tertiary/aromatic N) is 3. The summed E-state index contributed by atoms with van der Waals surface area (Å²) in [5.41, 5.74) is 3.68. The van der Waals surface area contributed by atoms with Gasteiger partial charge in [-0.2, -0.15) is 4.98 Å². The van der Waals surface area contributed by atoms with Crippen molar-refractivity contribution in [2.45, 2.75) is 70.0 Å². The Morgan fingerprint density at radius 1 is 1.09 bits per heavy atom. The van der Waals surface area contributed by atoms with Crippen LogP contribution in [0.1, 0.15) is 55.3 Å². The van der Waals surface area contributed by atoms with E-state index in [4.69, 9.17) is 33.8 Å². The lowest BCUT2D eigenvalue weighted by Crippen LogP contribution is -2.44. The van der Waals surface area contributed by atoms with Gasteiger partial charge in [-0.15, -0.1) is 0 Å². The van der Waals surface area contributed by atoms with Gasteiger partial charge < -0.3 is 20.9 Å². The maximum Gasteiger partial charge on any atom is 0.225 e. The smallest absolute Gasteiger partial charge is 0.225 e. The van der Waals surface area contributed by atoms with Crippen LogP contribution in [0.15, 0.2) is 24.3 Å². The second-order valence-corrected chi connectivity index (χ2v) is 9.89. The Labute approximate surface area is 201 Å². The van der Waals surface area contributed by atoms with Crippen LogP contribution in [0.2, 0.25) is 5.02 Å². The third-order valence-electron chi connectivity index (χ3n) is 6.32. The van der Waals surface area contributed by atoms with Crippen LogP contribution in [0.25, 0.3) is 0 Å². The summed E-state index contributed by atoms with van der Waals surface area (Å²) in [6.07, 6.45) is 8.90. The van der Waals surface area contributed by atoms with Crippen molar-refractivity contribution in [3.8, 4) is 0 Å². The number of nitrogens with one attached hydrogen (secondary N) is 3. The number of aromatic nitrogens is 2. The molecule has 0 radical (unpaired) electrons. The fourth-order valence-corrected chi connectivity index (χ4v) is 5.09. The first-order valence-corrected chi connectivity index (χ1v) is 12.4. The van der Waals surface area contributed by atoms with Gasteiger partial charge in [0.05, 0.1) is 5.69 Å². The summed E-state index contributed by atoms with van der Waals surface area (Å²) in [5, 5.41) is 11.8. The highest BCUT2D eigenvalue weighted by Gasteiger charge is 2.24. The molecule has 2 aromatic rings. The van der Waals surface area contributed by atoms with Crippen LogP contribution in [-0.2, 0) is 19.4 Å². The highest BCUT2D eigenvalue weighted by Crippen LogP contribution is 2.29. The molecule has 32 heavy (non-hydrogen) atoms. The molecule has 0 bridgehead atoms. The van der Waals surface area contributed by atoms with Gasteiger partial charge in [0.1, 0.15) is 5.82 Å². The lowest BCUT2D eigenvalue weighted by atomic mass is 9.91. The maximum absolute atomic E-state index is 6.05. The molecule has 4 rings (SSSR count). The molecule has 6 nitrogen and oxygen atoms in total. The van der Waals surface area contributed by atoms with E-state index in [2.05, 4.69) is 34.9 Å². The van der Waals surface area contributed by atoms with Crippen LogP contribution in [0.5, 0.6) is 0 Å². The van der Waals surface area contributed by atoms with Gasteiger partial charge >= 0.3 is 0 Å². The number of fused-ring (bicyclic) bond motifs is 1. The standard InChI is InChI=1S/C24H33ClN6S/c1-31(2)22-20-8-3-4-9-21(20)29-23(30-22)27-18-10-12-19(13-11-18)28-24(32)26-15-16-6-5-7-17(25)14-16/h5-7,14,18-19H,3-4,8-13,15H2,1-2H3,(H2,26,28,32)(H,27,29,30). The van der Waals surface area contributed by atoms with E-state index in [1.54, 1.807) is 0 Å². The van der Waals surface area contributed by atoms with E-state index < -0.39 is 0 Å². The SMILES string of the molecule is CN(C)c1nc(NC2CCC(NC(=S)NCc3cccc(Cl)c3)CC2)nc2c1CCCC2. The molecule has 1 fully saturated rings. The van der Waals surface area contributed by atoms with E-state index in [9.17, 15) is 0 Å². The van der Waals surface area contributed by atoms with E-state index in [1.807, 2.05) is 24.3 Å². The van der Waals surface area contributed by atoms with Crippen molar-refractivity contribution in [2.75, 3.05) is 24.3 Å². The zero-order valence-corrected chi connectivity index (χ0v) is 20.5. The van der Waals surface area contributed by atoms with Gasteiger partial charge in [-0.3, -0.25) is 0 Å². The Balaban J connectivity index is 1.26. The molecule has 1 aromatic carbocycles. The topological polar surface area (TPSA) is 65.1 Å². The van der Waals surface area contributed by atoms with Crippen molar-refractivity contribution in [1.29, 1.82) is 0 Å². The number of thiocarbonyl (C=S) groups is 1. The molecule has 1 saturated carbocycles. The molecule has 0 atom stereocenters. The summed E-state index contributed by atoms with van der Waals surface area (Å²) in [6.45, 7) is 0.674. The third-order valence-corrected chi connectivity index (χ3v) is 6.82. The van der Waals surface area contributed by atoms with Crippen molar-refractivity contribution in [1.82, 2.24) is 20.6 Å². The number of halogens is 1. The summed E-state index contributed by atoms with van der Waals surface area (Å²) in [5.74, 6) is 1.85. The lowest BCUT2D eigenvalue weighted by molar-refractivity contribution is 0.385. The predicted octanol–water partition coefficient (Wildman–Crippen LogP) is 4.46. The Kier molecular flexibility index (Phi) is 7.68. The highest BCUT2D eigenvalue weighted by atomic mass is 35.5. The molecule has 1 heterocycles. The average Bonchev–Trinajstić information content (AvgIpc) is 2.78. The zero-order valence-electron chi connectivity index (χ0n) is 19.0. The molecule has 0 amide bonds. The molecule has 172 valence electrons. The fraction of sp³-hybridized carbons (Fsp3) is 0.542. The van der Waals surface area contributed by atoms with Gasteiger partial charge in [0.15, 0.2) is 5.11 Å². The fourth-order valence-electron chi connectivity index (χ4n) is 4.64. The Bertz CT molecular complexity index is 942. The van der Waals surface area contributed by atoms with Crippen LogP contribution in [0, 0.1) is 0 Å². The van der Waals surface area contributed by atoms with Crippen molar-refractivity contribution in [2.24, 2.45) is 0 Å². The molecule has 3 N–H and O–H groups in total. The molecule has 8 heteroatoms. The molecule has 1 aromatic heterocycles. The second kappa shape index (κ2) is 10.7. The van der Waals surface area contributed by atoms with Gasteiger partial charge in [-0.1, -0.05) is 23.7 Å². The third kappa shape index (κ3) is 6.01. The molecule has 0 spiro atoms. The minimum absolute atomic E-state index is 0.397. The minimum Gasteiger partial charge on any atom is -0.362 e. The highest BCUT2D eigenvalue weighted by molar-refractivity contribution is 7.80. The Morgan fingerprint density at radius 2 is 1.84 bits per heavy atom. The maximum atomic E-state index is 6.05. The average molecular weight is 473 g/mol. The van der Waals surface area contributed by atoms with Crippen LogP contribution in [-0.4, -0.2) is 41.3 Å². The minimum atomic E-state index is 0.397. The first-order chi connectivity index (χ1) is 15.5. The Hall–Kier alpha value is -2.12. The predicted molar refractivity (Wildman–Crippen MR) is 137 cm³/mol. The monoisotopic (exact) mass is 472 g/mol. The van der Waals surface area contributed by atoms with Crippen LogP contribution in [0.3, 0.4) is 0 Å². The Morgan fingerprint density at radius 3 is 2.59 bits per heavy atom. The van der Waals surface area contributed by atoms with E-state index >= 15 is 0 Å². The van der Waals surface area contributed by atoms with Gasteiger partial charge in [0, 0.05) is 43.3 Å². The zero-order chi connectivity index (χ0) is 22.5. The second-order valence-electron chi connectivity index (χ2n) is 9.05. The summed E-state index contributed by atoms with van der Waals surface area (Å²) >= 11 is 11.6. The van der Waals surface area contributed by atoms with Crippen molar-refractivity contribution >= 4 is 40.7 Å². The van der Waals surface area contributed by atoms with Crippen LogP contribution >= 0.6 is 23.8 Å². The van der Waals surface area contributed by atoms with Gasteiger partial charge in [0.25, 0.3) is 0 Å². The number of aryl methyl sites for hydroxylation is 1. The molecular formula is C24H33ClN6S. The van der Waals surface area contributed by atoms with Crippen LogP contribution < -0.4 is 20.9 Å². The van der Waals surface area contributed by atoms with E-state index in [0.29, 0.717) is 23.7 Å². The molecule has 0 unspecified atom stereocenters. The number of benzene rings is 1. The summed E-state index contributed by atoms with van der Waals surface area (Å²) in [7, 11) is 4.14. The number of anilines is 2. The molecular weight excluding hydrogens is 440 g/mol. The number of hydrogen-bond acceptors (Lipinski definition) is 5. The van der Waals surface area contributed by atoms with Gasteiger partial charge in [-0.05, 0) is 81.3 Å². The van der Waals surface area contributed by atoms with E-state index in [1.165, 1.54) is 24.1 Å². The van der Waals surface area contributed by atoms with E-state index in [0.717, 1.165) is 60.9 Å². The van der Waals surface area contributed by atoms with Crippen LogP contribution in [0.4, 0.5) is 11.8 Å². The summed E-state index contributed by atoms with van der Waals surface area (Å²) in [6, 6.07) is 8.64. The number of rotatable bonds is 6. The first-order valence-electron chi connectivity index (χ1n) is 11.6. The largest absolute Gasteiger partial charge is 0.362 e. The first kappa shape index (κ1) is 23.1. The molecule has 2 aliphatic rings. The quantitative estimate of drug-likeness (QED) is 0.536. The summed E-state index contributed by atoms with van der Waals surface area (Å²) < 4.78 is 0. The summed E-state index contributed by atoms with van der Waals surface area (Å²) in [4.78, 5) is 11.8. The molecule has 0 saturated heterocycles. The lowest BCUT2D eigenvalue weighted by Gasteiger charge is -2.31. The van der Waals surface area contributed by atoms with Crippen molar-refractivity contribution < 1.29 is 0 Å². The number of hydrogen-bond donors (Lipinski definition) is 3. The van der Waals surface area contributed by atoms with Crippen molar-refractivity contribution in [3.05, 3.63) is 46.1 Å². The van der Waals surface area contributed by atoms with E-state index in [-0.39, 0.29) is 0 Å². The molecule has 2 aliphatic carbocycles. The molecule has 0 aliphatic heterocycles. The normalized spacial score (nSPS) is 20.2.